The second-order valence-corrected chi connectivity index (χ2v) is 14.5. The first-order chi connectivity index (χ1) is 23.9. The number of piperidine rings is 1. The lowest BCUT2D eigenvalue weighted by Crippen LogP contribution is -2.74. The Labute approximate surface area is 293 Å². The van der Waals surface area contributed by atoms with Crippen molar-refractivity contribution in [3.63, 3.8) is 0 Å². The molecular weight excluding hydrogens is 636 g/mol. The Morgan fingerprint density at radius 2 is 1.88 bits per heavy atom. The van der Waals surface area contributed by atoms with Crippen molar-refractivity contribution in [1.82, 2.24) is 34.4 Å². The lowest BCUT2D eigenvalue weighted by atomic mass is 9.54. The van der Waals surface area contributed by atoms with Crippen molar-refractivity contribution in [2.75, 3.05) is 51.4 Å². The van der Waals surface area contributed by atoms with E-state index in [1.54, 1.807) is 35.1 Å². The molecule has 4 aliphatic rings. The zero-order chi connectivity index (χ0) is 35.2. The summed E-state index contributed by atoms with van der Waals surface area (Å²) in [6, 6.07) is 8.87. The minimum atomic E-state index is -0.580. The number of hydrogen-bond donors (Lipinski definition) is 0. The van der Waals surface area contributed by atoms with E-state index in [4.69, 9.17) is 28.9 Å². The maximum absolute atomic E-state index is 12.6. The number of anilines is 1. The number of nitriles is 1. The van der Waals surface area contributed by atoms with Crippen LogP contribution < -0.4 is 14.4 Å². The van der Waals surface area contributed by atoms with Gasteiger partial charge in [-0.2, -0.15) is 10.4 Å². The zero-order valence-corrected chi connectivity index (χ0v) is 29.4. The molecule has 3 unspecified atom stereocenters. The average Bonchev–Trinajstić information content (AvgIpc) is 3.53. The fourth-order valence-electron chi connectivity index (χ4n) is 7.30. The molecule has 0 aliphatic carbocycles. The summed E-state index contributed by atoms with van der Waals surface area (Å²) in [6.45, 7) is 8.64. The summed E-state index contributed by atoms with van der Waals surface area (Å²) in [6.07, 6.45) is 9.15. The van der Waals surface area contributed by atoms with E-state index in [1.165, 1.54) is 6.20 Å². The monoisotopic (exact) mass is 677 g/mol. The number of piperazine rings is 1. The maximum atomic E-state index is 12.6. The summed E-state index contributed by atoms with van der Waals surface area (Å²) in [5.74, 6) is 1.95. The van der Waals surface area contributed by atoms with Crippen LogP contribution in [0.2, 0.25) is 0 Å². The van der Waals surface area contributed by atoms with Gasteiger partial charge in [0.15, 0.2) is 0 Å². The van der Waals surface area contributed by atoms with Crippen molar-refractivity contribution in [3.05, 3.63) is 60.3 Å². The second-order valence-electron chi connectivity index (χ2n) is 14.5. The molecule has 0 aromatic carbocycles. The summed E-state index contributed by atoms with van der Waals surface area (Å²) in [5, 5.41) is 14.1. The summed E-state index contributed by atoms with van der Waals surface area (Å²) in [4.78, 5) is 33.3. The number of morpholine rings is 1. The highest BCUT2D eigenvalue weighted by Gasteiger charge is 2.51. The summed E-state index contributed by atoms with van der Waals surface area (Å²) in [7, 11) is 6.14. The number of pyridine rings is 2. The number of rotatable bonds is 8. The van der Waals surface area contributed by atoms with Crippen molar-refractivity contribution in [3.8, 4) is 29.0 Å². The van der Waals surface area contributed by atoms with Gasteiger partial charge in [-0.15, -0.1) is 0 Å². The quantitative estimate of drug-likeness (QED) is 0.249. The highest BCUT2D eigenvalue weighted by molar-refractivity contribution is 6.39. The third-order valence-electron chi connectivity index (χ3n) is 9.66. The van der Waals surface area contributed by atoms with Gasteiger partial charge in [0.1, 0.15) is 51.6 Å². The lowest BCUT2D eigenvalue weighted by molar-refractivity contribution is -0.0557. The minimum absolute atomic E-state index is 0.169. The molecule has 0 saturated carbocycles. The first kappa shape index (κ1) is 33.6. The van der Waals surface area contributed by atoms with Gasteiger partial charge in [0.2, 0.25) is 5.88 Å². The lowest BCUT2D eigenvalue weighted by Gasteiger charge is -2.62. The van der Waals surface area contributed by atoms with Gasteiger partial charge in [-0.05, 0) is 44.2 Å². The number of carbonyl (C=O) groups is 1. The van der Waals surface area contributed by atoms with Crippen molar-refractivity contribution in [2.24, 2.45) is 0 Å². The maximum Gasteiger partial charge on any atom is 0.410 e. The number of aromatic nitrogens is 5. The van der Waals surface area contributed by atoms with Crippen LogP contribution in [0, 0.1) is 11.3 Å². The van der Waals surface area contributed by atoms with Gasteiger partial charge >= 0.3 is 6.09 Å². The predicted octanol–water partition coefficient (Wildman–Crippen LogP) is 1.42. The Balaban J connectivity index is 1.05. The van der Waals surface area contributed by atoms with Crippen molar-refractivity contribution < 1.29 is 23.7 Å². The predicted molar refractivity (Wildman–Crippen MR) is 190 cm³/mol. The molecule has 4 aromatic rings. The Bertz CT molecular complexity index is 1900. The largest absolute Gasteiger partial charge is 0.489 e. The van der Waals surface area contributed by atoms with Crippen LogP contribution in [0.4, 0.5) is 10.6 Å². The molecule has 50 heavy (non-hydrogen) atoms. The SMILES string of the molecule is BC(B)(c1ccc(OC)nc1)N1C2CC1CN(c1cnc(-c3cc(OCC4CN(C(=O)OC(C)(C)C)CCO4)cn4ncc(C#N)c34)cn1)C2. The van der Waals surface area contributed by atoms with E-state index >= 15 is 0 Å². The fraction of sp³-hybridized carbons (Fsp3) is 0.471. The van der Waals surface area contributed by atoms with Crippen molar-refractivity contribution in [1.29, 1.82) is 5.26 Å². The van der Waals surface area contributed by atoms with Gasteiger partial charge in [-0.25, -0.2) is 19.3 Å². The molecule has 4 aromatic heterocycles. The Hall–Kier alpha value is -4.87. The number of carbonyl (C=O) groups excluding carboxylic acids is 1. The van der Waals surface area contributed by atoms with Gasteiger partial charge in [0.05, 0.1) is 61.8 Å². The van der Waals surface area contributed by atoms with E-state index in [2.05, 4.69) is 47.7 Å². The molecule has 0 radical (unpaired) electrons. The molecule has 0 spiro atoms. The van der Waals surface area contributed by atoms with Crippen LogP contribution in [0.15, 0.2) is 49.2 Å². The van der Waals surface area contributed by atoms with Gasteiger partial charge in [-0.1, -0.05) is 6.07 Å². The third kappa shape index (κ3) is 6.55. The second kappa shape index (κ2) is 13.1. The van der Waals surface area contributed by atoms with Crippen molar-refractivity contribution in [2.45, 2.75) is 56.3 Å². The van der Waals surface area contributed by atoms with Crippen LogP contribution in [0.5, 0.6) is 11.6 Å². The standard InChI is InChI=1S/C34H41B2N9O5/c1-33(2,3)50-32(46)42-7-8-48-26(18-42)20-49-25-10-27(31-21(11-37)12-41-44(31)19-25)28-14-39-29(15-38-28)43-16-23-9-24(17-43)45(23)34(35,36)22-5-6-30(47-4)40-13-22/h5-6,10,12-15,19,23-24,26H,7-9,16-18,20,35-36H2,1-4H3. The van der Waals surface area contributed by atoms with Crippen LogP contribution >= 0.6 is 0 Å². The molecule has 16 heteroatoms. The Kier molecular flexibility index (Phi) is 8.81. The van der Waals surface area contributed by atoms with E-state index in [0.717, 1.165) is 30.9 Å². The van der Waals surface area contributed by atoms with Crippen molar-refractivity contribution >= 4 is 33.1 Å². The van der Waals surface area contributed by atoms with Crippen LogP contribution in [-0.4, -0.2) is 126 Å². The van der Waals surface area contributed by atoms with E-state index in [9.17, 15) is 10.1 Å². The van der Waals surface area contributed by atoms with Crippen LogP contribution in [0.1, 0.15) is 38.3 Å². The molecule has 0 N–H and O–H groups in total. The number of nitrogens with zero attached hydrogens (tertiary/aromatic N) is 9. The zero-order valence-electron chi connectivity index (χ0n) is 29.4. The number of amides is 1. The van der Waals surface area contributed by atoms with Gasteiger partial charge < -0.3 is 28.7 Å². The van der Waals surface area contributed by atoms with E-state index in [0.29, 0.717) is 65.7 Å². The molecule has 258 valence electrons. The third-order valence-corrected chi connectivity index (χ3v) is 9.66. The summed E-state index contributed by atoms with van der Waals surface area (Å²) < 4.78 is 24.5. The molecule has 8 heterocycles. The summed E-state index contributed by atoms with van der Waals surface area (Å²) >= 11 is 0. The first-order valence-corrected chi connectivity index (χ1v) is 16.9. The smallest absolute Gasteiger partial charge is 0.410 e. The van der Waals surface area contributed by atoms with Gasteiger partial charge in [0, 0.05) is 49.5 Å². The van der Waals surface area contributed by atoms with E-state index < -0.39 is 5.60 Å². The van der Waals surface area contributed by atoms with Gasteiger partial charge in [0.25, 0.3) is 0 Å². The minimum Gasteiger partial charge on any atom is -0.489 e. The Morgan fingerprint density at radius 3 is 2.54 bits per heavy atom. The normalized spacial score (nSPS) is 21.0. The number of methoxy groups -OCH3 is 1. The Morgan fingerprint density at radius 1 is 1.08 bits per heavy atom. The molecular formula is C34H41B2N9O5. The highest BCUT2D eigenvalue weighted by atomic mass is 16.6. The molecule has 3 atom stereocenters. The highest BCUT2D eigenvalue weighted by Crippen LogP contribution is 2.41. The number of fused-ring (bicyclic) bond motifs is 3. The van der Waals surface area contributed by atoms with Crippen LogP contribution in [0.3, 0.4) is 0 Å². The topological polar surface area (TPSA) is 143 Å². The summed E-state index contributed by atoms with van der Waals surface area (Å²) in [5.41, 5.74) is 2.91. The van der Waals surface area contributed by atoms with Crippen LogP contribution in [0.25, 0.3) is 16.8 Å². The molecule has 8 rings (SSSR count). The molecule has 1 amide bonds. The fourth-order valence-corrected chi connectivity index (χ4v) is 7.30. The van der Waals surface area contributed by atoms with E-state index in [-0.39, 0.29) is 24.1 Å². The molecule has 14 nitrogen and oxygen atoms in total. The van der Waals surface area contributed by atoms with E-state index in [1.807, 2.05) is 39.1 Å². The number of hydrogen-bond acceptors (Lipinski definition) is 12. The molecule has 4 fully saturated rings. The van der Waals surface area contributed by atoms with Gasteiger partial charge in [-0.3, -0.25) is 9.88 Å². The molecule has 4 saturated heterocycles. The molecule has 2 bridgehead atoms. The first-order valence-electron chi connectivity index (χ1n) is 16.9. The number of ether oxygens (including phenoxy) is 4. The average molecular weight is 677 g/mol. The van der Waals surface area contributed by atoms with Crippen LogP contribution in [-0.2, 0) is 14.8 Å². The molecule has 4 aliphatic heterocycles.